The number of piperidine rings is 1. The molecule has 0 saturated carbocycles. The largest absolute Gasteiger partial charge is 0.376 e. The molecular weight excluding hydrogens is 418 g/mol. The fourth-order valence-electron chi connectivity index (χ4n) is 4.32. The predicted molar refractivity (Wildman–Crippen MR) is 116 cm³/mol. The number of amides is 2. The van der Waals surface area contributed by atoms with Gasteiger partial charge in [-0.05, 0) is 38.2 Å². The number of likely N-dealkylation sites (tertiary alicyclic amines) is 1. The van der Waals surface area contributed by atoms with E-state index in [4.69, 9.17) is 4.74 Å². The number of ether oxygens (including phenoxy) is 1. The molecule has 2 saturated heterocycles. The maximum absolute atomic E-state index is 13.1. The molecule has 2 amide bonds. The Morgan fingerprint density at radius 3 is 2.61 bits per heavy atom. The van der Waals surface area contributed by atoms with Crippen LogP contribution in [-0.2, 0) is 30.7 Å². The number of fused-ring (bicyclic) bond motifs is 1. The fourth-order valence-corrected chi connectivity index (χ4v) is 5.71. The molecule has 31 heavy (non-hydrogen) atoms. The topological polar surface area (TPSA) is 97.7 Å². The van der Waals surface area contributed by atoms with Crippen molar-refractivity contribution < 1.29 is 22.7 Å². The molecule has 2 aliphatic rings. The highest BCUT2D eigenvalue weighted by Gasteiger charge is 2.26. The van der Waals surface area contributed by atoms with E-state index < -0.39 is 21.5 Å². The van der Waals surface area contributed by atoms with Crippen molar-refractivity contribution in [1.29, 1.82) is 0 Å². The number of carbonyl (C=O) groups excluding carboxylic acids is 2. The van der Waals surface area contributed by atoms with Crippen LogP contribution in [0.3, 0.4) is 0 Å². The highest BCUT2D eigenvalue weighted by molar-refractivity contribution is 7.92. The number of hydrogen-bond acceptors (Lipinski definition) is 5. The summed E-state index contributed by atoms with van der Waals surface area (Å²) < 4.78 is 33.3. The van der Waals surface area contributed by atoms with E-state index in [1.54, 1.807) is 22.8 Å². The molecule has 0 unspecified atom stereocenters. The minimum Gasteiger partial charge on any atom is -0.376 e. The van der Waals surface area contributed by atoms with Crippen LogP contribution in [0.1, 0.15) is 32.1 Å². The van der Waals surface area contributed by atoms with E-state index >= 15 is 0 Å². The number of sulfone groups is 1. The molecule has 1 N–H and O–H groups in total. The maximum Gasteiger partial charge on any atom is 0.242 e. The van der Waals surface area contributed by atoms with Gasteiger partial charge in [0.25, 0.3) is 0 Å². The Bertz CT molecular complexity index is 1050. The third-order valence-corrected chi connectivity index (χ3v) is 7.61. The number of nitrogens with zero attached hydrogens (tertiary/aromatic N) is 2. The quantitative estimate of drug-likeness (QED) is 0.697. The first kappa shape index (κ1) is 21.8. The zero-order valence-electron chi connectivity index (χ0n) is 17.6. The van der Waals surface area contributed by atoms with Gasteiger partial charge in [-0.2, -0.15) is 0 Å². The van der Waals surface area contributed by atoms with Gasteiger partial charge in [-0.3, -0.25) is 9.59 Å². The molecular formula is C22H29N3O5S. The van der Waals surface area contributed by atoms with Crippen LogP contribution < -0.4 is 5.32 Å². The zero-order valence-corrected chi connectivity index (χ0v) is 18.4. The van der Waals surface area contributed by atoms with Gasteiger partial charge in [0.2, 0.25) is 11.8 Å². The molecule has 0 aliphatic carbocycles. The van der Waals surface area contributed by atoms with Crippen molar-refractivity contribution in [3.05, 3.63) is 30.5 Å². The standard InChI is InChI=1S/C22H29N3O5S/c26-21(23-13-17-7-6-12-30-17)16-31(28,29)20-14-25(19-9-3-2-8-18(19)20)15-22(27)24-10-4-1-5-11-24/h2-3,8-9,14,17H,1,4-7,10-13,15-16H2,(H,23,26)/t17-/m0/s1. The van der Waals surface area contributed by atoms with Gasteiger partial charge in [0, 0.05) is 43.3 Å². The predicted octanol–water partition coefficient (Wildman–Crippen LogP) is 1.72. The van der Waals surface area contributed by atoms with E-state index in [0.717, 1.165) is 45.2 Å². The Morgan fingerprint density at radius 1 is 1.10 bits per heavy atom. The van der Waals surface area contributed by atoms with Gasteiger partial charge in [-0.15, -0.1) is 0 Å². The third-order valence-electron chi connectivity index (χ3n) is 5.97. The highest BCUT2D eigenvalue weighted by atomic mass is 32.2. The Morgan fingerprint density at radius 2 is 1.87 bits per heavy atom. The van der Waals surface area contributed by atoms with Crippen LogP contribution >= 0.6 is 0 Å². The third kappa shape index (κ3) is 5.10. The summed E-state index contributed by atoms with van der Waals surface area (Å²) in [6.07, 6.45) is 6.40. The number of benzene rings is 1. The van der Waals surface area contributed by atoms with Crippen LogP contribution in [0.15, 0.2) is 35.4 Å². The molecule has 1 aromatic heterocycles. The lowest BCUT2D eigenvalue weighted by atomic mass is 10.1. The van der Waals surface area contributed by atoms with Gasteiger partial charge >= 0.3 is 0 Å². The summed E-state index contributed by atoms with van der Waals surface area (Å²) >= 11 is 0. The summed E-state index contributed by atoms with van der Waals surface area (Å²) in [6.45, 7) is 2.57. The molecule has 0 spiro atoms. The van der Waals surface area contributed by atoms with Gasteiger partial charge in [0.1, 0.15) is 12.3 Å². The summed E-state index contributed by atoms with van der Waals surface area (Å²) in [7, 11) is -3.87. The van der Waals surface area contributed by atoms with Crippen LogP contribution in [0.5, 0.6) is 0 Å². The number of carbonyl (C=O) groups is 2. The van der Waals surface area contributed by atoms with Crippen molar-refractivity contribution in [2.24, 2.45) is 0 Å². The van der Waals surface area contributed by atoms with Crippen molar-refractivity contribution in [3.63, 3.8) is 0 Å². The first-order valence-electron chi connectivity index (χ1n) is 10.9. The van der Waals surface area contributed by atoms with Crippen molar-refractivity contribution in [2.75, 3.05) is 32.0 Å². The molecule has 0 radical (unpaired) electrons. The molecule has 3 heterocycles. The molecule has 2 aliphatic heterocycles. The van der Waals surface area contributed by atoms with Gasteiger partial charge in [-0.1, -0.05) is 18.2 Å². The maximum atomic E-state index is 13.1. The number of hydrogen-bond donors (Lipinski definition) is 1. The van der Waals surface area contributed by atoms with E-state index in [1.807, 2.05) is 11.0 Å². The summed E-state index contributed by atoms with van der Waals surface area (Å²) in [5.41, 5.74) is 0.672. The van der Waals surface area contributed by atoms with Crippen LogP contribution in [-0.4, -0.2) is 67.8 Å². The molecule has 8 nitrogen and oxygen atoms in total. The molecule has 2 fully saturated rings. The minimum absolute atomic E-state index is 0.0151. The van der Waals surface area contributed by atoms with E-state index in [0.29, 0.717) is 24.1 Å². The van der Waals surface area contributed by atoms with E-state index in [9.17, 15) is 18.0 Å². The molecule has 4 rings (SSSR count). The molecule has 0 bridgehead atoms. The summed E-state index contributed by atoms with van der Waals surface area (Å²) in [6, 6.07) is 7.09. The van der Waals surface area contributed by atoms with Crippen molar-refractivity contribution in [2.45, 2.75) is 49.6 Å². The first-order valence-corrected chi connectivity index (χ1v) is 12.6. The lowest BCUT2D eigenvalue weighted by molar-refractivity contribution is -0.132. The summed E-state index contributed by atoms with van der Waals surface area (Å²) in [4.78, 5) is 27.0. The van der Waals surface area contributed by atoms with Crippen molar-refractivity contribution >= 4 is 32.6 Å². The Hall–Kier alpha value is -2.39. The van der Waals surface area contributed by atoms with Gasteiger partial charge < -0.3 is 19.5 Å². The number of aromatic nitrogens is 1. The van der Waals surface area contributed by atoms with Gasteiger partial charge in [0.15, 0.2) is 9.84 Å². The van der Waals surface area contributed by atoms with Crippen LogP contribution in [0.25, 0.3) is 10.9 Å². The first-order chi connectivity index (χ1) is 14.9. The Kier molecular flexibility index (Phi) is 6.62. The smallest absolute Gasteiger partial charge is 0.242 e. The number of para-hydroxylation sites is 1. The average Bonchev–Trinajstić information content (AvgIpc) is 3.41. The molecule has 2 aromatic rings. The molecule has 1 aromatic carbocycles. The zero-order chi connectivity index (χ0) is 21.8. The number of rotatable bonds is 7. The van der Waals surface area contributed by atoms with Crippen molar-refractivity contribution in [1.82, 2.24) is 14.8 Å². The SMILES string of the molecule is O=C(CS(=O)(=O)c1cn(CC(=O)N2CCCCC2)c2ccccc12)NC[C@@H]1CCCO1. The fraction of sp³-hybridized carbons (Fsp3) is 0.545. The minimum atomic E-state index is -3.87. The van der Waals surface area contributed by atoms with Crippen LogP contribution in [0.4, 0.5) is 0 Å². The lowest BCUT2D eigenvalue weighted by Gasteiger charge is -2.27. The van der Waals surface area contributed by atoms with Crippen molar-refractivity contribution in [3.8, 4) is 0 Å². The van der Waals surface area contributed by atoms with Crippen LogP contribution in [0.2, 0.25) is 0 Å². The second kappa shape index (κ2) is 9.40. The number of nitrogens with one attached hydrogen (secondary N) is 1. The molecule has 9 heteroatoms. The van der Waals surface area contributed by atoms with Gasteiger partial charge in [0.05, 0.1) is 11.0 Å². The van der Waals surface area contributed by atoms with E-state index in [-0.39, 0.29) is 23.5 Å². The summed E-state index contributed by atoms with van der Waals surface area (Å²) in [5.74, 6) is -1.19. The monoisotopic (exact) mass is 447 g/mol. The second-order valence-corrected chi connectivity index (χ2v) is 10.2. The van der Waals surface area contributed by atoms with Crippen LogP contribution in [0, 0.1) is 0 Å². The normalized spacial score (nSPS) is 19.6. The summed E-state index contributed by atoms with van der Waals surface area (Å²) in [5, 5.41) is 3.20. The van der Waals surface area contributed by atoms with E-state index in [1.165, 1.54) is 6.20 Å². The lowest BCUT2D eigenvalue weighted by Crippen LogP contribution is -2.37. The highest BCUT2D eigenvalue weighted by Crippen LogP contribution is 2.27. The molecule has 1 atom stereocenters. The van der Waals surface area contributed by atoms with Gasteiger partial charge in [-0.25, -0.2) is 8.42 Å². The second-order valence-electron chi connectivity index (χ2n) is 8.28. The Labute approximate surface area is 182 Å². The van der Waals surface area contributed by atoms with E-state index in [2.05, 4.69) is 5.32 Å². The Balaban J connectivity index is 1.51. The molecule has 168 valence electrons. The average molecular weight is 448 g/mol.